The Bertz CT molecular complexity index is 1220. The number of carbonyl (C=O) groups excluding carboxylic acids is 1. The molecule has 1 atom stereocenters. The summed E-state index contributed by atoms with van der Waals surface area (Å²) in [5.41, 5.74) is 1.73. The highest BCUT2D eigenvalue weighted by Gasteiger charge is 2.22. The number of hydrogen-bond acceptors (Lipinski definition) is 4. The smallest absolute Gasteiger partial charge is 0.263 e. The molecule has 0 saturated heterocycles. The van der Waals surface area contributed by atoms with E-state index in [9.17, 15) is 9.59 Å². The van der Waals surface area contributed by atoms with E-state index in [-0.39, 0.29) is 11.3 Å². The summed E-state index contributed by atoms with van der Waals surface area (Å²) in [4.78, 5) is 33.5. The molecule has 140 valence electrons. The number of H-pyrrole nitrogens is 1. The van der Waals surface area contributed by atoms with Gasteiger partial charge in [-0.15, -0.1) is 11.3 Å². The molecule has 8 heteroatoms. The third-order valence-electron chi connectivity index (χ3n) is 4.29. The van der Waals surface area contributed by atoms with Crippen molar-refractivity contribution in [3.8, 4) is 0 Å². The summed E-state index contributed by atoms with van der Waals surface area (Å²) in [6, 6.07) is 13.8. The highest BCUT2D eigenvalue weighted by atomic mass is 79.9. The fourth-order valence-electron chi connectivity index (χ4n) is 2.97. The molecule has 0 bridgehead atoms. The van der Waals surface area contributed by atoms with Crippen molar-refractivity contribution in [2.45, 2.75) is 6.04 Å². The van der Waals surface area contributed by atoms with Crippen molar-refractivity contribution in [2.75, 3.05) is 0 Å². The van der Waals surface area contributed by atoms with Gasteiger partial charge >= 0.3 is 0 Å². The van der Waals surface area contributed by atoms with E-state index >= 15 is 0 Å². The first kappa shape index (κ1) is 18.9. The number of pyridine rings is 1. The first-order valence-electron chi connectivity index (χ1n) is 8.31. The molecule has 0 aliphatic carbocycles. The maximum atomic E-state index is 13.1. The predicted octanol–water partition coefficient (Wildman–Crippen LogP) is 4.92. The maximum absolute atomic E-state index is 13.1. The van der Waals surface area contributed by atoms with Gasteiger partial charge in [-0.1, -0.05) is 41.9 Å². The summed E-state index contributed by atoms with van der Waals surface area (Å²) in [7, 11) is 0. The second-order valence-corrected chi connectivity index (χ2v) is 8.80. The number of aromatic nitrogens is 2. The molecule has 0 spiro atoms. The van der Waals surface area contributed by atoms with Crippen molar-refractivity contribution in [1.82, 2.24) is 15.3 Å². The number of nitrogens with one attached hydrogen (secondary N) is 2. The van der Waals surface area contributed by atoms with Crippen LogP contribution in [-0.4, -0.2) is 15.9 Å². The van der Waals surface area contributed by atoms with Crippen LogP contribution >= 0.6 is 38.9 Å². The van der Waals surface area contributed by atoms with Gasteiger partial charge in [0.15, 0.2) is 9.35 Å². The Morgan fingerprint density at radius 3 is 2.71 bits per heavy atom. The van der Waals surface area contributed by atoms with E-state index in [4.69, 9.17) is 11.6 Å². The molecule has 2 aromatic carbocycles. The van der Waals surface area contributed by atoms with Gasteiger partial charge in [0.2, 0.25) is 0 Å². The van der Waals surface area contributed by atoms with Crippen LogP contribution in [0.2, 0.25) is 5.02 Å². The van der Waals surface area contributed by atoms with Crippen LogP contribution in [0, 0.1) is 0 Å². The van der Waals surface area contributed by atoms with E-state index in [0.29, 0.717) is 30.3 Å². The Kier molecular flexibility index (Phi) is 5.30. The molecular weight excluding hydrogens is 462 g/mol. The number of hydrogen-bond donors (Lipinski definition) is 2. The van der Waals surface area contributed by atoms with Gasteiger partial charge in [-0.3, -0.25) is 9.59 Å². The second kappa shape index (κ2) is 7.87. The topological polar surface area (TPSA) is 74.8 Å². The molecule has 4 aromatic rings. The summed E-state index contributed by atoms with van der Waals surface area (Å²) in [6.07, 6.45) is 3.13. The minimum atomic E-state index is -0.613. The lowest BCUT2D eigenvalue weighted by Crippen LogP contribution is -2.32. The van der Waals surface area contributed by atoms with E-state index in [2.05, 4.69) is 31.2 Å². The number of benzene rings is 2. The second-order valence-electron chi connectivity index (χ2n) is 6.06. The van der Waals surface area contributed by atoms with E-state index < -0.39 is 6.04 Å². The van der Waals surface area contributed by atoms with Crippen LogP contribution < -0.4 is 10.7 Å². The van der Waals surface area contributed by atoms with Gasteiger partial charge < -0.3 is 10.3 Å². The van der Waals surface area contributed by atoms with Crippen molar-refractivity contribution in [3.05, 3.63) is 96.1 Å². The van der Waals surface area contributed by atoms with E-state index in [1.807, 2.05) is 30.3 Å². The van der Waals surface area contributed by atoms with Gasteiger partial charge in [0.05, 0.1) is 17.8 Å². The summed E-state index contributed by atoms with van der Waals surface area (Å²) >= 11 is 10.5. The highest BCUT2D eigenvalue weighted by molar-refractivity contribution is 9.11. The van der Waals surface area contributed by atoms with Crippen LogP contribution in [0.15, 0.2) is 69.6 Å². The van der Waals surface area contributed by atoms with Crippen LogP contribution in [0.25, 0.3) is 10.9 Å². The lowest BCUT2D eigenvalue weighted by molar-refractivity contribution is 0.0946. The Morgan fingerprint density at radius 2 is 2.00 bits per heavy atom. The Hall–Kier alpha value is -2.48. The van der Waals surface area contributed by atoms with Crippen molar-refractivity contribution in [1.29, 1.82) is 0 Å². The number of aromatic amines is 1. The van der Waals surface area contributed by atoms with Crippen LogP contribution in [0.5, 0.6) is 0 Å². The average molecular weight is 475 g/mol. The van der Waals surface area contributed by atoms with E-state index in [1.54, 1.807) is 24.4 Å². The Balaban J connectivity index is 1.81. The number of fused-ring (bicyclic) bond motifs is 1. The molecule has 0 radical (unpaired) electrons. The number of rotatable bonds is 4. The first-order valence-corrected chi connectivity index (χ1v) is 10.3. The number of amides is 1. The van der Waals surface area contributed by atoms with Gasteiger partial charge in [-0.25, -0.2) is 4.98 Å². The Labute approximate surface area is 177 Å². The number of nitrogens with zero attached hydrogens (tertiary/aromatic N) is 1. The number of halogens is 2. The SMILES string of the molecule is O=C(NC(c1ccccc1)c1c[nH]c2cc(Cl)ccc2c1=O)c1cnc(Br)s1. The summed E-state index contributed by atoms with van der Waals surface area (Å²) in [5, 5.41) is 4.01. The van der Waals surface area contributed by atoms with Crippen molar-refractivity contribution < 1.29 is 4.79 Å². The quantitative estimate of drug-likeness (QED) is 0.441. The third-order valence-corrected chi connectivity index (χ3v) is 6.00. The van der Waals surface area contributed by atoms with Crippen molar-refractivity contribution in [3.63, 3.8) is 0 Å². The lowest BCUT2D eigenvalue weighted by Gasteiger charge is -2.19. The molecule has 4 rings (SSSR count). The van der Waals surface area contributed by atoms with E-state index in [0.717, 1.165) is 5.56 Å². The largest absolute Gasteiger partial charge is 0.361 e. The molecule has 0 aliphatic rings. The third kappa shape index (κ3) is 3.73. The van der Waals surface area contributed by atoms with Crippen LogP contribution in [0.1, 0.15) is 26.8 Å². The van der Waals surface area contributed by atoms with Gasteiger partial charge in [0, 0.05) is 22.2 Å². The molecule has 28 heavy (non-hydrogen) atoms. The fraction of sp³-hybridized carbons (Fsp3) is 0.0500. The first-order chi connectivity index (χ1) is 13.5. The molecule has 2 N–H and O–H groups in total. The maximum Gasteiger partial charge on any atom is 0.263 e. The standard InChI is InChI=1S/C20H13BrClN3O2S/c21-20-24-10-16(28-20)19(27)25-17(11-4-2-1-3-5-11)14-9-23-15-8-12(22)6-7-13(15)18(14)26/h1-10,17H,(H,23,26)(H,25,27). The lowest BCUT2D eigenvalue weighted by atomic mass is 9.98. The Morgan fingerprint density at radius 1 is 1.21 bits per heavy atom. The zero-order chi connectivity index (χ0) is 19.7. The van der Waals surface area contributed by atoms with Gasteiger partial charge in [-0.05, 0) is 39.7 Å². The molecule has 0 fully saturated rings. The summed E-state index contributed by atoms with van der Waals surface area (Å²) in [5.74, 6) is -0.298. The van der Waals surface area contributed by atoms with Crippen LogP contribution in [-0.2, 0) is 0 Å². The molecule has 1 unspecified atom stereocenters. The minimum Gasteiger partial charge on any atom is -0.361 e. The predicted molar refractivity (Wildman–Crippen MR) is 115 cm³/mol. The van der Waals surface area contributed by atoms with Crippen molar-refractivity contribution in [2.24, 2.45) is 0 Å². The molecule has 5 nitrogen and oxygen atoms in total. The zero-order valence-corrected chi connectivity index (χ0v) is 17.4. The molecule has 0 saturated carbocycles. The molecule has 1 amide bonds. The monoisotopic (exact) mass is 473 g/mol. The minimum absolute atomic E-state index is 0.162. The highest BCUT2D eigenvalue weighted by Crippen LogP contribution is 2.24. The normalized spacial score (nSPS) is 12.1. The fourth-order valence-corrected chi connectivity index (χ4v) is 4.31. The van der Waals surface area contributed by atoms with E-state index in [1.165, 1.54) is 17.5 Å². The summed E-state index contributed by atoms with van der Waals surface area (Å²) in [6.45, 7) is 0. The van der Waals surface area contributed by atoms with Crippen LogP contribution in [0.3, 0.4) is 0 Å². The van der Waals surface area contributed by atoms with Gasteiger partial charge in [0.25, 0.3) is 5.91 Å². The summed E-state index contributed by atoms with van der Waals surface area (Å²) < 4.78 is 0.620. The molecule has 0 aliphatic heterocycles. The average Bonchev–Trinajstić information content (AvgIpc) is 3.14. The molecule has 2 heterocycles. The van der Waals surface area contributed by atoms with Gasteiger partial charge in [0.1, 0.15) is 4.88 Å². The zero-order valence-electron chi connectivity index (χ0n) is 14.3. The molecule has 2 aromatic heterocycles. The van der Waals surface area contributed by atoms with Crippen LogP contribution in [0.4, 0.5) is 0 Å². The van der Waals surface area contributed by atoms with Crippen molar-refractivity contribution >= 4 is 55.7 Å². The number of carbonyl (C=O) groups is 1. The number of thiazole rings is 1. The van der Waals surface area contributed by atoms with Gasteiger partial charge in [-0.2, -0.15) is 0 Å². The molecular formula is C20H13BrClN3O2S.